The van der Waals surface area contributed by atoms with Crippen LogP contribution in [0.5, 0.6) is 5.88 Å². The summed E-state index contributed by atoms with van der Waals surface area (Å²) in [7, 11) is 1.48. The fraction of sp³-hybridized carbons (Fsp3) is 0.444. The van der Waals surface area contributed by atoms with E-state index in [4.69, 9.17) is 9.84 Å². The Morgan fingerprint density at radius 3 is 2.71 bits per heavy atom. The van der Waals surface area contributed by atoms with Crippen LogP contribution in [0.3, 0.4) is 0 Å². The van der Waals surface area contributed by atoms with E-state index in [9.17, 15) is 4.79 Å². The minimum Gasteiger partial charge on any atom is -0.481 e. The molecule has 1 aromatic heterocycles. The maximum Gasteiger partial charge on any atom is 0.313 e. The van der Waals surface area contributed by atoms with Crippen molar-refractivity contribution in [2.75, 3.05) is 7.11 Å². The van der Waals surface area contributed by atoms with Crippen LogP contribution in [-0.2, 0) is 4.79 Å². The molecular weight excluding hydrogens is 184 g/mol. The topological polar surface area (TPSA) is 72.3 Å². The number of ether oxygens (including phenoxy) is 1. The van der Waals surface area contributed by atoms with Crippen LogP contribution in [0.2, 0.25) is 0 Å². The average molecular weight is 196 g/mol. The second-order valence-electron chi connectivity index (χ2n) is 2.97. The van der Waals surface area contributed by atoms with Gasteiger partial charge in [-0.25, -0.2) is 4.98 Å². The molecule has 0 saturated carbocycles. The van der Waals surface area contributed by atoms with Crippen molar-refractivity contribution in [2.45, 2.75) is 19.8 Å². The highest BCUT2D eigenvalue weighted by atomic mass is 16.5. The minimum atomic E-state index is -0.947. The summed E-state index contributed by atoms with van der Waals surface area (Å²) in [5, 5.41) is 8.77. The van der Waals surface area contributed by atoms with Crippen molar-refractivity contribution in [1.82, 2.24) is 9.97 Å². The quantitative estimate of drug-likeness (QED) is 0.780. The summed E-state index contributed by atoms with van der Waals surface area (Å²) in [5.41, 5.74) is 0.694. The van der Waals surface area contributed by atoms with E-state index >= 15 is 0 Å². The van der Waals surface area contributed by atoms with Gasteiger partial charge >= 0.3 is 5.97 Å². The van der Waals surface area contributed by atoms with Gasteiger partial charge in [-0.1, -0.05) is 0 Å². The maximum absolute atomic E-state index is 10.7. The van der Waals surface area contributed by atoms with Gasteiger partial charge in [-0.3, -0.25) is 4.79 Å². The van der Waals surface area contributed by atoms with Crippen molar-refractivity contribution >= 4 is 5.97 Å². The number of hydrogen-bond donors (Lipinski definition) is 1. The van der Waals surface area contributed by atoms with Crippen LogP contribution in [0.1, 0.15) is 24.4 Å². The van der Waals surface area contributed by atoms with Gasteiger partial charge in [0.1, 0.15) is 11.7 Å². The highest BCUT2D eigenvalue weighted by Crippen LogP contribution is 2.15. The van der Waals surface area contributed by atoms with Crippen molar-refractivity contribution in [3.63, 3.8) is 0 Å². The van der Waals surface area contributed by atoms with Gasteiger partial charge in [0.2, 0.25) is 5.88 Å². The van der Waals surface area contributed by atoms with Crippen LogP contribution in [-0.4, -0.2) is 28.2 Å². The van der Waals surface area contributed by atoms with Crippen molar-refractivity contribution < 1.29 is 14.6 Å². The Balaban J connectivity index is 3.08. The Morgan fingerprint density at radius 2 is 2.21 bits per heavy atom. The van der Waals surface area contributed by atoms with Crippen molar-refractivity contribution in [3.8, 4) is 5.88 Å². The molecule has 5 nitrogen and oxygen atoms in total. The molecule has 0 aromatic carbocycles. The Bertz CT molecular complexity index is 352. The molecule has 0 fully saturated rings. The van der Waals surface area contributed by atoms with Crippen molar-refractivity contribution in [3.05, 3.63) is 17.6 Å². The predicted molar refractivity (Wildman–Crippen MR) is 49.4 cm³/mol. The molecule has 76 valence electrons. The maximum atomic E-state index is 10.7. The van der Waals surface area contributed by atoms with E-state index in [0.29, 0.717) is 11.6 Å². The number of aryl methyl sites for hydroxylation is 1. The molecule has 5 heteroatoms. The molecule has 0 spiro atoms. The third-order valence-corrected chi connectivity index (χ3v) is 1.81. The average Bonchev–Trinajstić information content (AvgIpc) is 2.15. The highest BCUT2D eigenvalue weighted by molar-refractivity contribution is 5.74. The van der Waals surface area contributed by atoms with Gasteiger partial charge < -0.3 is 9.84 Å². The number of hydrogen-bond acceptors (Lipinski definition) is 4. The van der Waals surface area contributed by atoms with Gasteiger partial charge in [0.15, 0.2) is 0 Å². The van der Waals surface area contributed by atoms with Crippen molar-refractivity contribution in [1.29, 1.82) is 0 Å². The molecule has 1 N–H and O–H groups in total. The monoisotopic (exact) mass is 196 g/mol. The van der Waals surface area contributed by atoms with Gasteiger partial charge in [0.25, 0.3) is 0 Å². The van der Waals surface area contributed by atoms with E-state index in [1.54, 1.807) is 13.0 Å². The summed E-state index contributed by atoms with van der Waals surface area (Å²) in [6.07, 6.45) is 0. The summed E-state index contributed by atoms with van der Waals surface area (Å²) in [6.45, 7) is 3.30. The molecule has 1 aromatic rings. The lowest BCUT2D eigenvalue weighted by molar-refractivity contribution is -0.138. The number of rotatable bonds is 3. The number of nitrogens with zero attached hydrogens (tertiary/aromatic N) is 2. The first kappa shape index (κ1) is 10.4. The smallest absolute Gasteiger partial charge is 0.313 e. The fourth-order valence-electron chi connectivity index (χ4n) is 0.970. The lowest BCUT2D eigenvalue weighted by Crippen LogP contribution is -2.12. The number of methoxy groups -OCH3 is 1. The number of carboxylic acids is 1. The summed E-state index contributed by atoms with van der Waals surface area (Å²) in [5.74, 6) is -1.00. The van der Waals surface area contributed by atoms with Crippen LogP contribution in [0.25, 0.3) is 0 Å². The second-order valence-corrected chi connectivity index (χ2v) is 2.97. The largest absolute Gasteiger partial charge is 0.481 e. The molecule has 0 aliphatic carbocycles. The molecule has 1 heterocycles. The van der Waals surface area contributed by atoms with E-state index in [2.05, 4.69) is 9.97 Å². The molecule has 0 saturated heterocycles. The number of aliphatic carboxylic acids is 1. The van der Waals surface area contributed by atoms with Gasteiger partial charge in [-0.2, -0.15) is 4.98 Å². The van der Waals surface area contributed by atoms with E-state index in [0.717, 1.165) is 0 Å². The molecule has 0 amide bonds. The molecule has 0 aliphatic heterocycles. The summed E-state index contributed by atoms with van der Waals surface area (Å²) < 4.78 is 4.92. The first-order valence-electron chi connectivity index (χ1n) is 4.17. The molecular formula is C9H12N2O3. The third-order valence-electron chi connectivity index (χ3n) is 1.81. The molecule has 0 radical (unpaired) electrons. The third kappa shape index (κ3) is 2.18. The predicted octanol–water partition coefficient (Wildman–Crippen LogP) is 0.982. The molecule has 1 rings (SSSR count). The molecule has 1 unspecified atom stereocenters. The Kier molecular flexibility index (Phi) is 3.01. The SMILES string of the molecule is COc1cc(C)nc(C(C)C(=O)O)n1. The summed E-state index contributed by atoms with van der Waals surface area (Å²) >= 11 is 0. The lowest BCUT2D eigenvalue weighted by atomic mass is 10.1. The van der Waals surface area contributed by atoms with Crippen molar-refractivity contribution in [2.24, 2.45) is 0 Å². The number of carbonyl (C=O) groups is 1. The van der Waals surface area contributed by atoms with Crippen LogP contribution in [0.4, 0.5) is 0 Å². The van der Waals surface area contributed by atoms with Gasteiger partial charge in [0.05, 0.1) is 7.11 Å². The standard InChI is InChI=1S/C9H12N2O3/c1-5-4-7(14-3)11-8(10-5)6(2)9(12)13/h4,6H,1-3H3,(H,12,13). The highest BCUT2D eigenvalue weighted by Gasteiger charge is 2.17. The van der Waals surface area contributed by atoms with Crippen LogP contribution >= 0.6 is 0 Å². The normalized spacial score (nSPS) is 12.2. The first-order chi connectivity index (χ1) is 6.54. The Morgan fingerprint density at radius 1 is 1.57 bits per heavy atom. The van der Waals surface area contributed by atoms with E-state index in [1.165, 1.54) is 14.0 Å². The fourth-order valence-corrected chi connectivity index (χ4v) is 0.970. The van der Waals surface area contributed by atoms with Crippen LogP contribution in [0.15, 0.2) is 6.07 Å². The van der Waals surface area contributed by atoms with E-state index in [1.807, 2.05) is 0 Å². The van der Waals surface area contributed by atoms with Gasteiger partial charge in [-0.15, -0.1) is 0 Å². The first-order valence-corrected chi connectivity index (χ1v) is 4.17. The molecule has 0 aliphatic rings. The summed E-state index contributed by atoms with van der Waals surface area (Å²) in [6, 6.07) is 1.65. The Labute approximate surface area is 81.8 Å². The molecule has 14 heavy (non-hydrogen) atoms. The van der Waals surface area contributed by atoms with Gasteiger partial charge in [-0.05, 0) is 13.8 Å². The summed E-state index contributed by atoms with van der Waals surface area (Å²) in [4.78, 5) is 18.7. The second kappa shape index (κ2) is 4.04. The molecule has 1 atom stereocenters. The molecule has 0 bridgehead atoms. The minimum absolute atomic E-state index is 0.273. The van der Waals surface area contributed by atoms with Crippen LogP contribution < -0.4 is 4.74 Å². The Hall–Kier alpha value is -1.65. The zero-order valence-corrected chi connectivity index (χ0v) is 8.31. The van der Waals surface area contributed by atoms with E-state index < -0.39 is 11.9 Å². The van der Waals surface area contributed by atoms with E-state index in [-0.39, 0.29) is 5.82 Å². The zero-order valence-electron chi connectivity index (χ0n) is 8.31. The van der Waals surface area contributed by atoms with Crippen LogP contribution in [0, 0.1) is 6.92 Å². The van der Waals surface area contributed by atoms with Gasteiger partial charge in [0, 0.05) is 11.8 Å². The zero-order chi connectivity index (χ0) is 10.7. The number of carboxylic acid groups (broad SMARTS) is 1. The lowest BCUT2D eigenvalue weighted by Gasteiger charge is -2.07. The number of aromatic nitrogens is 2.